The fourth-order valence-electron chi connectivity index (χ4n) is 3.92. The lowest BCUT2D eigenvalue weighted by atomic mass is 10.2. The van der Waals surface area contributed by atoms with Crippen molar-refractivity contribution < 1.29 is 18.0 Å². The van der Waals surface area contributed by atoms with Crippen LogP contribution in [0.25, 0.3) is 10.2 Å². The Morgan fingerprint density at radius 3 is 2.47 bits per heavy atom. The number of hydrogen-bond donors (Lipinski definition) is 1. The van der Waals surface area contributed by atoms with Gasteiger partial charge in [0.2, 0.25) is 15.9 Å². The first-order valence-corrected chi connectivity index (χ1v) is 13.3. The molecule has 0 spiro atoms. The molecule has 1 aliphatic rings. The topological polar surface area (TPSA) is 101 Å². The maximum Gasteiger partial charge on any atom is 0.279 e. The van der Waals surface area contributed by atoms with Gasteiger partial charge in [0.05, 0.1) is 15.1 Å². The highest BCUT2D eigenvalue weighted by Crippen LogP contribution is 2.23. The zero-order valence-electron chi connectivity index (χ0n) is 18.9. The molecule has 0 aliphatic carbocycles. The monoisotopic (exact) mass is 498 g/mol. The van der Waals surface area contributed by atoms with E-state index in [2.05, 4.69) is 16.9 Å². The highest BCUT2D eigenvalue weighted by molar-refractivity contribution is 7.89. The first-order chi connectivity index (χ1) is 16.3. The van der Waals surface area contributed by atoms with Crippen LogP contribution in [0.3, 0.4) is 0 Å². The van der Waals surface area contributed by atoms with Crippen LogP contribution in [0.1, 0.15) is 36.5 Å². The van der Waals surface area contributed by atoms with E-state index in [0.717, 1.165) is 29.5 Å². The Morgan fingerprint density at radius 1 is 1.12 bits per heavy atom. The normalized spacial score (nSPS) is 15.4. The average molecular weight is 499 g/mol. The molecule has 34 heavy (non-hydrogen) atoms. The van der Waals surface area contributed by atoms with Crippen LogP contribution >= 0.6 is 11.3 Å². The number of aromatic nitrogens is 1. The molecular weight excluding hydrogens is 472 g/mol. The fourth-order valence-corrected chi connectivity index (χ4v) is 6.51. The van der Waals surface area contributed by atoms with Crippen LogP contribution in [0.4, 0.5) is 5.69 Å². The summed E-state index contributed by atoms with van der Waals surface area (Å²) < 4.78 is 29.9. The van der Waals surface area contributed by atoms with E-state index in [0.29, 0.717) is 35.7 Å². The number of carbonyl (C=O) groups excluding carboxylic acids is 2. The highest BCUT2D eigenvalue weighted by Gasteiger charge is 2.26. The number of nitrogens with zero attached hydrogens (tertiary/aromatic N) is 3. The lowest BCUT2D eigenvalue weighted by Crippen LogP contribution is -2.35. The van der Waals surface area contributed by atoms with Crippen molar-refractivity contribution in [2.45, 2.75) is 37.6 Å². The van der Waals surface area contributed by atoms with Gasteiger partial charge in [-0.25, -0.2) is 8.42 Å². The number of amides is 2. The van der Waals surface area contributed by atoms with E-state index in [1.165, 1.54) is 46.8 Å². The minimum atomic E-state index is -3.56. The lowest BCUT2D eigenvalue weighted by Gasteiger charge is -2.25. The standard InChI is InChI=1S/C24H26N4O4S2/c1-3-13-28-21-12-9-19(25-17(2)29)16-22(21)33-24(28)26-23(30)18-7-10-20(11-8-18)34(31,32)27-14-5-4-6-15-27/h3,7-12,16H,1,4-6,13-15H2,2H3,(H,25,29). The number of anilines is 1. The first kappa shape index (κ1) is 24.1. The molecule has 178 valence electrons. The zero-order chi connectivity index (χ0) is 24.3. The molecule has 8 nitrogen and oxygen atoms in total. The van der Waals surface area contributed by atoms with Crippen LogP contribution in [-0.4, -0.2) is 42.2 Å². The molecule has 1 N–H and O–H groups in total. The first-order valence-electron chi connectivity index (χ1n) is 11.0. The molecule has 10 heteroatoms. The Kier molecular flexibility index (Phi) is 7.11. The van der Waals surface area contributed by atoms with Crippen LogP contribution < -0.4 is 10.1 Å². The summed E-state index contributed by atoms with van der Waals surface area (Å²) in [6, 6.07) is 11.4. The molecule has 4 rings (SSSR count). The molecule has 1 saturated heterocycles. The molecule has 1 aromatic heterocycles. The van der Waals surface area contributed by atoms with Crippen molar-refractivity contribution in [3.05, 3.63) is 65.5 Å². The maximum absolute atomic E-state index is 12.9. The van der Waals surface area contributed by atoms with Crippen LogP contribution in [0.5, 0.6) is 0 Å². The van der Waals surface area contributed by atoms with Crippen LogP contribution in [-0.2, 0) is 21.4 Å². The van der Waals surface area contributed by atoms with Crippen molar-refractivity contribution in [1.82, 2.24) is 8.87 Å². The molecular formula is C24H26N4O4S2. The Bertz CT molecular complexity index is 1410. The summed E-state index contributed by atoms with van der Waals surface area (Å²) in [5.74, 6) is -0.630. The average Bonchev–Trinajstić information content (AvgIpc) is 3.15. The van der Waals surface area contributed by atoms with Crippen molar-refractivity contribution in [3.63, 3.8) is 0 Å². The number of allylic oxidation sites excluding steroid dienone is 1. The second kappa shape index (κ2) is 10.0. The summed E-state index contributed by atoms with van der Waals surface area (Å²) in [5.41, 5.74) is 1.84. The molecule has 0 bridgehead atoms. The summed E-state index contributed by atoms with van der Waals surface area (Å²) in [6.45, 7) is 6.74. The van der Waals surface area contributed by atoms with Crippen LogP contribution in [0.15, 0.2) is 65.0 Å². The number of thiazole rings is 1. The Balaban J connectivity index is 1.65. The van der Waals surface area contributed by atoms with Gasteiger partial charge in [0.1, 0.15) is 0 Å². The summed E-state index contributed by atoms with van der Waals surface area (Å²) in [4.78, 5) is 29.3. The largest absolute Gasteiger partial charge is 0.326 e. The van der Waals surface area contributed by atoms with Crippen molar-refractivity contribution in [1.29, 1.82) is 0 Å². The molecule has 1 fully saturated rings. The summed E-state index contributed by atoms with van der Waals surface area (Å²) in [5, 5.41) is 2.75. The Labute approximate surface area is 202 Å². The fraction of sp³-hybridized carbons (Fsp3) is 0.292. The Hall–Kier alpha value is -3.08. The van der Waals surface area contributed by atoms with E-state index in [4.69, 9.17) is 0 Å². The van der Waals surface area contributed by atoms with Crippen molar-refractivity contribution >= 4 is 49.1 Å². The number of benzene rings is 2. The number of fused-ring (bicyclic) bond motifs is 1. The molecule has 2 amide bonds. The number of piperidine rings is 1. The van der Waals surface area contributed by atoms with Gasteiger partial charge in [-0.1, -0.05) is 23.8 Å². The third kappa shape index (κ3) is 5.03. The quantitative estimate of drug-likeness (QED) is 0.523. The number of rotatable bonds is 6. The van der Waals surface area contributed by atoms with Gasteiger partial charge >= 0.3 is 0 Å². The SMILES string of the molecule is C=CCn1c(=NC(=O)c2ccc(S(=O)(=O)N3CCCCC3)cc2)sc2cc(NC(C)=O)ccc21. The van der Waals surface area contributed by atoms with Gasteiger partial charge in [0.25, 0.3) is 5.91 Å². The molecule has 1 aliphatic heterocycles. The zero-order valence-corrected chi connectivity index (χ0v) is 20.5. The Morgan fingerprint density at radius 2 is 1.82 bits per heavy atom. The highest BCUT2D eigenvalue weighted by atomic mass is 32.2. The van der Waals surface area contributed by atoms with E-state index < -0.39 is 15.9 Å². The number of nitrogens with one attached hydrogen (secondary N) is 1. The van der Waals surface area contributed by atoms with Crippen molar-refractivity contribution in [3.8, 4) is 0 Å². The van der Waals surface area contributed by atoms with E-state index in [-0.39, 0.29) is 10.8 Å². The van der Waals surface area contributed by atoms with Gasteiger partial charge < -0.3 is 9.88 Å². The third-order valence-electron chi connectivity index (χ3n) is 5.57. The van der Waals surface area contributed by atoms with Crippen molar-refractivity contribution in [2.24, 2.45) is 4.99 Å². The second-order valence-corrected chi connectivity index (χ2v) is 11.0. The molecule has 3 aromatic rings. The number of sulfonamides is 1. The maximum atomic E-state index is 12.9. The minimum Gasteiger partial charge on any atom is -0.326 e. The number of carbonyl (C=O) groups is 2. The van der Waals surface area contributed by atoms with E-state index >= 15 is 0 Å². The summed E-state index contributed by atoms with van der Waals surface area (Å²) in [6.07, 6.45) is 4.48. The molecule has 2 aromatic carbocycles. The molecule has 0 atom stereocenters. The van der Waals surface area contributed by atoms with E-state index in [1.54, 1.807) is 12.1 Å². The minimum absolute atomic E-state index is 0.166. The van der Waals surface area contributed by atoms with Gasteiger partial charge in [-0.3, -0.25) is 9.59 Å². The van der Waals surface area contributed by atoms with Gasteiger partial charge in [0.15, 0.2) is 4.80 Å². The summed E-state index contributed by atoms with van der Waals surface area (Å²) in [7, 11) is -3.56. The van der Waals surface area contributed by atoms with Gasteiger partial charge in [-0.15, -0.1) is 6.58 Å². The predicted octanol–water partition coefficient (Wildman–Crippen LogP) is 3.76. The molecule has 0 radical (unpaired) electrons. The van der Waals surface area contributed by atoms with Gasteiger partial charge in [0, 0.05) is 37.8 Å². The van der Waals surface area contributed by atoms with E-state index in [9.17, 15) is 18.0 Å². The molecule has 0 saturated carbocycles. The van der Waals surface area contributed by atoms with Gasteiger partial charge in [-0.2, -0.15) is 9.30 Å². The third-order valence-corrected chi connectivity index (χ3v) is 8.52. The van der Waals surface area contributed by atoms with Crippen LogP contribution in [0.2, 0.25) is 0 Å². The smallest absolute Gasteiger partial charge is 0.279 e. The molecule has 2 heterocycles. The molecule has 0 unspecified atom stereocenters. The van der Waals surface area contributed by atoms with Crippen LogP contribution in [0, 0.1) is 0 Å². The lowest BCUT2D eigenvalue weighted by molar-refractivity contribution is -0.114. The summed E-state index contributed by atoms with van der Waals surface area (Å²) >= 11 is 1.33. The van der Waals surface area contributed by atoms with Crippen molar-refractivity contribution in [2.75, 3.05) is 18.4 Å². The van der Waals surface area contributed by atoms with Gasteiger partial charge in [-0.05, 0) is 55.3 Å². The van der Waals surface area contributed by atoms with E-state index in [1.807, 2.05) is 16.7 Å². The predicted molar refractivity (Wildman–Crippen MR) is 133 cm³/mol. The number of hydrogen-bond acceptors (Lipinski definition) is 5. The second-order valence-electron chi connectivity index (χ2n) is 8.05.